The number of hydrogen-bond acceptors (Lipinski definition) is 6. The summed E-state index contributed by atoms with van der Waals surface area (Å²) < 4.78 is 6.82. The largest absolute Gasteiger partial charge is 0.497 e. The van der Waals surface area contributed by atoms with E-state index in [0.29, 0.717) is 10.7 Å². The van der Waals surface area contributed by atoms with E-state index in [4.69, 9.17) is 9.84 Å². The molecule has 7 nitrogen and oxygen atoms in total. The van der Waals surface area contributed by atoms with Gasteiger partial charge in [0.15, 0.2) is 5.65 Å². The summed E-state index contributed by atoms with van der Waals surface area (Å²) in [7, 11) is 1.61. The zero-order valence-corrected chi connectivity index (χ0v) is 12.4. The maximum absolute atomic E-state index is 10.7. The van der Waals surface area contributed by atoms with Gasteiger partial charge in [-0.25, -0.2) is 14.6 Å². The lowest BCUT2D eigenvalue weighted by molar-refractivity contribution is -0.133. The molecule has 0 atom stereocenters. The van der Waals surface area contributed by atoms with Crippen LogP contribution in [0.15, 0.2) is 41.8 Å². The van der Waals surface area contributed by atoms with Gasteiger partial charge in [-0.05, 0) is 24.3 Å². The van der Waals surface area contributed by atoms with E-state index in [9.17, 15) is 4.79 Å². The third-order valence-corrected chi connectivity index (χ3v) is 3.97. The van der Waals surface area contributed by atoms with Crippen molar-refractivity contribution in [3.8, 4) is 11.4 Å². The fourth-order valence-corrected chi connectivity index (χ4v) is 2.66. The zero-order valence-electron chi connectivity index (χ0n) is 11.6. The van der Waals surface area contributed by atoms with Gasteiger partial charge in [0.1, 0.15) is 17.1 Å². The van der Waals surface area contributed by atoms with Gasteiger partial charge >= 0.3 is 5.97 Å². The molecule has 0 amide bonds. The molecule has 1 N–H and O–H groups in total. The molecule has 22 heavy (non-hydrogen) atoms. The molecular formula is C14H12N4O3S. The Labute approximate surface area is 130 Å². The van der Waals surface area contributed by atoms with Crippen molar-refractivity contribution in [3.05, 3.63) is 36.8 Å². The van der Waals surface area contributed by atoms with Gasteiger partial charge in [0, 0.05) is 0 Å². The topological polar surface area (TPSA) is 90.1 Å². The SMILES string of the molecule is COc1ccc(-n2ncc3c(SCC(=O)O)ncnc32)cc1. The molecule has 0 saturated heterocycles. The Bertz CT molecular complexity index is 817. The van der Waals surface area contributed by atoms with Crippen molar-refractivity contribution >= 4 is 28.8 Å². The maximum atomic E-state index is 10.7. The number of thioether (sulfide) groups is 1. The summed E-state index contributed by atoms with van der Waals surface area (Å²) in [5, 5.41) is 14.4. The van der Waals surface area contributed by atoms with Crippen molar-refractivity contribution in [1.82, 2.24) is 19.7 Å². The smallest absolute Gasteiger partial charge is 0.313 e. The number of rotatable bonds is 5. The molecule has 0 aliphatic heterocycles. The lowest BCUT2D eigenvalue weighted by Crippen LogP contribution is -2.00. The van der Waals surface area contributed by atoms with Crippen LogP contribution < -0.4 is 4.74 Å². The van der Waals surface area contributed by atoms with Crippen molar-refractivity contribution < 1.29 is 14.6 Å². The average Bonchev–Trinajstić information content (AvgIpc) is 2.97. The van der Waals surface area contributed by atoms with Crippen LogP contribution in [-0.2, 0) is 4.79 Å². The highest BCUT2D eigenvalue weighted by molar-refractivity contribution is 8.00. The quantitative estimate of drug-likeness (QED) is 0.568. The van der Waals surface area contributed by atoms with Gasteiger partial charge < -0.3 is 9.84 Å². The van der Waals surface area contributed by atoms with Gasteiger partial charge in [-0.3, -0.25) is 4.79 Å². The Morgan fingerprint density at radius 2 is 2.09 bits per heavy atom. The van der Waals surface area contributed by atoms with Crippen molar-refractivity contribution in [2.24, 2.45) is 0 Å². The molecule has 2 heterocycles. The van der Waals surface area contributed by atoms with Crippen molar-refractivity contribution in [2.45, 2.75) is 5.03 Å². The van der Waals surface area contributed by atoms with Gasteiger partial charge in [0.05, 0.1) is 30.1 Å². The molecule has 0 aliphatic rings. The van der Waals surface area contributed by atoms with Gasteiger partial charge in [-0.1, -0.05) is 11.8 Å². The molecule has 112 valence electrons. The van der Waals surface area contributed by atoms with Crippen LogP contribution >= 0.6 is 11.8 Å². The average molecular weight is 316 g/mol. The molecule has 0 fully saturated rings. The van der Waals surface area contributed by atoms with Crippen molar-refractivity contribution in [2.75, 3.05) is 12.9 Å². The predicted octanol–water partition coefficient (Wildman–Crippen LogP) is 2.00. The number of nitrogens with zero attached hydrogens (tertiary/aromatic N) is 4. The Balaban J connectivity index is 2.00. The van der Waals surface area contributed by atoms with E-state index in [1.54, 1.807) is 18.0 Å². The second kappa shape index (κ2) is 6.02. The van der Waals surface area contributed by atoms with Crippen LogP contribution in [0.4, 0.5) is 0 Å². The van der Waals surface area contributed by atoms with E-state index in [0.717, 1.165) is 28.6 Å². The molecule has 2 aromatic heterocycles. The number of carboxylic acids is 1. The lowest BCUT2D eigenvalue weighted by atomic mass is 10.3. The fraction of sp³-hybridized carbons (Fsp3) is 0.143. The fourth-order valence-electron chi connectivity index (χ4n) is 1.98. The molecule has 0 bridgehead atoms. The highest BCUT2D eigenvalue weighted by Crippen LogP contribution is 2.26. The molecule has 0 saturated carbocycles. The summed E-state index contributed by atoms with van der Waals surface area (Å²) in [6.45, 7) is 0. The number of ether oxygens (including phenoxy) is 1. The molecule has 0 radical (unpaired) electrons. The van der Waals surface area contributed by atoms with Crippen LogP contribution in [0.2, 0.25) is 0 Å². The summed E-state index contributed by atoms with van der Waals surface area (Å²) >= 11 is 1.15. The standard InChI is InChI=1S/C14H12N4O3S/c1-21-10-4-2-9(3-5-10)18-13-11(6-17-18)14(16-8-15-13)22-7-12(19)20/h2-6,8H,7H2,1H3,(H,19,20). The normalized spacial score (nSPS) is 10.8. The predicted molar refractivity (Wildman–Crippen MR) is 81.6 cm³/mol. The van der Waals surface area contributed by atoms with E-state index in [2.05, 4.69) is 15.1 Å². The summed E-state index contributed by atoms with van der Waals surface area (Å²) in [5.74, 6) is -0.188. The third kappa shape index (κ3) is 2.73. The molecule has 0 aliphatic carbocycles. The number of methoxy groups -OCH3 is 1. The molecule has 8 heteroatoms. The van der Waals surface area contributed by atoms with Crippen LogP contribution in [0.25, 0.3) is 16.7 Å². The first-order chi connectivity index (χ1) is 10.7. The van der Waals surface area contributed by atoms with Crippen molar-refractivity contribution in [3.63, 3.8) is 0 Å². The molecule has 1 aromatic carbocycles. The Morgan fingerprint density at radius 3 is 2.77 bits per heavy atom. The molecule has 0 spiro atoms. The van der Waals surface area contributed by atoms with Crippen LogP contribution in [-0.4, -0.2) is 43.7 Å². The van der Waals surface area contributed by atoms with Crippen molar-refractivity contribution in [1.29, 1.82) is 0 Å². The summed E-state index contributed by atoms with van der Waals surface area (Å²) in [6, 6.07) is 7.42. The zero-order chi connectivity index (χ0) is 15.5. The molecular weight excluding hydrogens is 304 g/mol. The summed E-state index contributed by atoms with van der Waals surface area (Å²) in [4.78, 5) is 19.1. The Hall–Kier alpha value is -2.61. The molecule has 3 rings (SSSR count). The molecule has 0 unspecified atom stereocenters. The van der Waals surface area contributed by atoms with E-state index in [-0.39, 0.29) is 5.75 Å². The minimum Gasteiger partial charge on any atom is -0.497 e. The Morgan fingerprint density at radius 1 is 1.32 bits per heavy atom. The van der Waals surface area contributed by atoms with Crippen LogP contribution in [0.1, 0.15) is 0 Å². The van der Waals surface area contributed by atoms with Gasteiger partial charge in [-0.15, -0.1) is 0 Å². The van der Waals surface area contributed by atoms with Gasteiger partial charge in [0.2, 0.25) is 0 Å². The van der Waals surface area contributed by atoms with E-state index in [1.165, 1.54) is 6.33 Å². The summed E-state index contributed by atoms with van der Waals surface area (Å²) in [6.07, 6.45) is 3.05. The van der Waals surface area contributed by atoms with Gasteiger partial charge in [-0.2, -0.15) is 5.10 Å². The van der Waals surface area contributed by atoms with E-state index >= 15 is 0 Å². The van der Waals surface area contributed by atoms with E-state index < -0.39 is 5.97 Å². The van der Waals surface area contributed by atoms with Crippen LogP contribution in [0, 0.1) is 0 Å². The molecule has 3 aromatic rings. The number of carboxylic acid groups (broad SMARTS) is 1. The number of hydrogen-bond donors (Lipinski definition) is 1. The Kier molecular flexibility index (Phi) is 3.92. The lowest BCUT2D eigenvalue weighted by Gasteiger charge is -2.05. The minimum atomic E-state index is -0.890. The number of aromatic nitrogens is 4. The summed E-state index contributed by atoms with van der Waals surface area (Å²) in [5.41, 5.74) is 1.47. The van der Waals surface area contributed by atoms with Crippen LogP contribution in [0.3, 0.4) is 0 Å². The third-order valence-electron chi connectivity index (χ3n) is 2.98. The first-order valence-electron chi connectivity index (χ1n) is 6.37. The first kappa shape index (κ1) is 14.3. The maximum Gasteiger partial charge on any atom is 0.313 e. The number of benzene rings is 1. The number of aliphatic carboxylic acids is 1. The second-order valence-electron chi connectivity index (χ2n) is 4.35. The first-order valence-corrected chi connectivity index (χ1v) is 7.35. The number of carbonyl (C=O) groups is 1. The highest BCUT2D eigenvalue weighted by atomic mass is 32.2. The second-order valence-corrected chi connectivity index (χ2v) is 5.32. The number of fused-ring (bicyclic) bond motifs is 1. The minimum absolute atomic E-state index is 0.0557. The highest BCUT2D eigenvalue weighted by Gasteiger charge is 2.12. The van der Waals surface area contributed by atoms with E-state index in [1.807, 2.05) is 24.3 Å². The van der Waals surface area contributed by atoms with Gasteiger partial charge in [0.25, 0.3) is 0 Å². The monoisotopic (exact) mass is 316 g/mol. The van der Waals surface area contributed by atoms with Crippen LogP contribution in [0.5, 0.6) is 5.75 Å².